The summed E-state index contributed by atoms with van der Waals surface area (Å²) in [5.74, 6) is 1.64. The molecule has 0 atom stereocenters. The third-order valence-corrected chi connectivity index (χ3v) is 4.07. The Hall–Kier alpha value is -1.27. The van der Waals surface area contributed by atoms with Crippen molar-refractivity contribution < 1.29 is 0 Å². The summed E-state index contributed by atoms with van der Waals surface area (Å²) < 4.78 is 0. The highest BCUT2D eigenvalue weighted by Crippen LogP contribution is 2.61. The van der Waals surface area contributed by atoms with Gasteiger partial charge in [0.15, 0.2) is 0 Å². The predicted molar refractivity (Wildman–Crippen MR) is 66.8 cm³/mol. The van der Waals surface area contributed by atoms with Gasteiger partial charge in [0.1, 0.15) is 11.0 Å². The fourth-order valence-electron chi connectivity index (χ4n) is 2.50. The van der Waals surface area contributed by atoms with Gasteiger partial charge in [0, 0.05) is 6.54 Å². The van der Waals surface area contributed by atoms with Crippen molar-refractivity contribution in [3.8, 4) is 6.07 Å². The molecule has 0 aliphatic heterocycles. The maximum absolute atomic E-state index is 8.86. The molecule has 3 nitrogen and oxygen atoms in total. The molecule has 2 fully saturated rings. The number of nitrogens with one attached hydrogen (secondary N) is 1. The summed E-state index contributed by atoms with van der Waals surface area (Å²) in [6.07, 6.45) is 5.43. The van der Waals surface area contributed by atoms with Gasteiger partial charge in [0.2, 0.25) is 0 Å². The van der Waals surface area contributed by atoms with Gasteiger partial charge in [-0.1, -0.05) is 11.6 Å². The molecule has 88 valence electrons. The molecule has 3 rings (SSSR count). The van der Waals surface area contributed by atoms with Crippen LogP contribution in [0.5, 0.6) is 0 Å². The third kappa shape index (κ3) is 2.23. The number of nitriles is 1. The van der Waals surface area contributed by atoms with Crippen molar-refractivity contribution in [2.24, 2.45) is 11.3 Å². The molecule has 0 radical (unpaired) electrons. The first-order valence-electron chi connectivity index (χ1n) is 6.03. The molecule has 0 unspecified atom stereocenters. The molecule has 1 N–H and O–H groups in total. The third-order valence-electron chi connectivity index (χ3n) is 3.88. The molecule has 2 aliphatic carbocycles. The van der Waals surface area contributed by atoms with E-state index in [2.05, 4.69) is 16.4 Å². The van der Waals surface area contributed by atoms with E-state index in [0.717, 1.165) is 18.3 Å². The van der Waals surface area contributed by atoms with Crippen LogP contribution in [0.3, 0.4) is 0 Å². The molecular formula is C13H14ClN3. The van der Waals surface area contributed by atoms with Gasteiger partial charge in [0.25, 0.3) is 0 Å². The van der Waals surface area contributed by atoms with E-state index in [1.165, 1.54) is 25.7 Å². The quantitative estimate of drug-likeness (QED) is 0.832. The van der Waals surface area contributed by atoms with E-state index < -0.39 is 0 Å². The lowest BCUT2D eigenvalue weighted by Crippen LogP contribution is -2.18. The highest BCUT2D eigenvalue weighted by atomic mass is 35.5. The van der Waals surface area contributed by atoms with Crippen LogP contribution in [0.1, 0.15) is 31.2 Å². The largest absolute Gasteiger partial charge is 0.369 e. The number of pyridine rings is 1. The van der Waals surface area contributed by atoms with E-state index in [1.807, 2.05) is 0 Å². The van der Waals surface area contributed by atoms with Gasteiger partial charge < -0.3 is 5.32 Å². The van der Waals surface area contributed by atoms with E-state index in [0.29, 0.717) is 16.1 Å². The second-order valence-corrected chi connectivity index (χ2v) is 5.55. The first-order chi connectivity index (χ1) is 8.22. The van der Waals surface area contributed by atoms with Crippen LogP contribution in [0.2, 0.25) is 5.15 Å². The van der Waals surface area contributed by atoms with Crippen LogP contribution in [-0.4, -0.2) is 11.5 Å². The second-order valence-electron chi connectivity index (χ2n) is 5.17. The van der Waals surface area contributed by atoms with E-state index in [-0.39, 0.29) is 0 Å². The Balaban J connectivity index is 1.69. The first-order valence-corrected chi connectivity index (χ1v) is 6.41. The van der Waals surface area contributed by atoms with Crippen LogP contribution in [0.25, 0.3) is 0 Å². The minimum atomic E-state index is 0.378. The zero-order valence-corrected chi connectivity index (χ0v) is 10.3. The monoisotopic (exact) mass is 247 g/mol. The van der Waals surface area contributed by atoms with Gasteiger partial charge >= 0.3 is 0 Å². The summed E-state index contributed by atoms with van der Waals surface area (Å²) >= 11 is 5.87. The predicted octanol–water partition coefficient (Wildman–Crippen LogP) is 3.21. The van der Waals surface area contributed by atoms with Crippen LogP contribution in [0.4, 0.5) is 5.82 Å². The Kier molecular flexibility index (Phi) is 2.48. The van der Waals surface area contributed by atoms with Crippen LogP contribution in [0.15, 0.2) is 12.1 Å². The highest BCUT2D eigenvalue weighted by Gasteiger charge is 2.53. The molecule has 1 heterocycles. The lowest BCUT2D eigenvalue weighted by atomic mass is 10.0. The van der Waals surface area contributed by atoms with Crippen molar-refractivity contribution in [2.75, 3.05) is 11.9 Å². The zero-order chi connectivity index (χ0) is 11.9. The maximum atomic E-state index is 8.86. The van der Waals surface area contributed by atoms with Crippen molar-refractivity contribution in [2.45, 2.75) is 25.7 Å². The van der Waals surface area contributed by atoms with E-state index >= 15 is 0 Å². The van der Waals surface area contributed by atoms with Crippen molar-refractivity contribution in [3.05, 3.63) is 22.8 Å². The summed E-state index contributed by atoms with van der Waals surface area (Å²) in [6.45, 7) is 0.968. The van der Waals surface area contributed by atoms with Gasteiger partial charge in [-0.05, 0) is 49.1 Å². The smallest absolute Gasteiger partial charge is 0.132 e. The van der Waals surface area contributed by atoms with E-state index in [1.54, 1.807) is 12.1 Å². The number of nitrogens with zero attached hydrogens (tertiary/aromatic N) is 2. The van der Waals surface area contributed by atoms with Crippen molar-refractivity contribution in [1.29, 1.82) is 5.26 Å². The summed E-state index contributed by atoms with van der Waals surface area (Å²) in [7, 11) is 0. The molecule has 0 amide bonds. The molecule has 2 aliphatic rings. The number of anilines is 1. The standard InChI is InChI=1S/C13H14ClN3/c14-11-5-9(7-15)6-12(17-11)16-8-13(3-4-13)10-1-2-10/h5-6,10H,1-4,8H2,(H,16,17). The Labute approximate surface area is 106 Å². The molecule has 0 bridgehead atoms. The molecule has 4 heteroatoms. The number of halogens is 1. The van der Waals surface area contributed by atoms with Gasteiger partial charge in [-0.2, -0.15) is 5.26 Å². The summed E-state index contributed by atoms with van der Waals surface area (Å²) in [5.41, 5.74) is 1.08. The lowest BCUT2D eigenvalue weighted by molar-refractivity contribution is 0.466. The van der Waals surface area contributed by atoms with Crippen molar-refractivity contribution in [3.63, 3.8) is 0 Å². The molecule has 0 spiro atoms. The SMILES string of the molecule is N#Cc1cc(Cl)nc(NCC2(C3CC3)CC2)c1. The lowest BCUT2D eigenvalue weighted by Gasteiger charge is -2.15. The number of hydrogen-bond donors (Lipinski definition) is 1. The minimum Gasteiger partial charge on any atom is -0.369 e. The van der Waals surface area contributed by atoms with Crippen LogP contribution in [-0.2, 0) is 0 Å². The fourth-order valence-corrected chi connectivity index (χ4v) is 2.71. The maximum Gasteiger partial charge on any atom is 0.132 e. The van der Waals surface area contributed by atoms with Gasteiger partial charge in [-0.3, -0.25) is 0 Å². The normalized spacial score (nSPS) is 20.7. The van der Waals surface area contributed by atoms with E-state index in [4.69, 9.17) is 16.9 Å². The van der Waals surface area contributed by atoms with Crippen LogP contribution >= 0.6 is 11.6 Å². The zero-order valence-electron chi connectivity index (χ0n) is 9.54. The minimum absolute atomic E-state index is 0.378. The Bertz CT molecular complexity index is 484. The van der Waals surface area contributed by atoms with Gasteiger partial charge in [0.05, 0.1) is 11.6 Å². The first kappa shape index (κ1) is 10.9. The van der Waals surface area contributed by atoms with Crippen LogP contribution < -0.4 is 5.32 Å². The van der Waals surface area contributed by atoms with Gasteiger partial charge in [-0.15, -0.1) is 0 Å². The Morgan fingerprint density at radius 2 is 2.24 bits per heavy atom. The molecule has 1 aromatic heterocycles. The van der Waals surface area contributed by atoms with E-state index in [9.17, 15) is 0 Å². The second kappa shape index (κ2) is 3.89. The number of aromatic nitrogens is 1. The molecule has 17 heavy (non-hydrogen) atoms. The summed E-state index contributed by atoms with van der Waals surface area (Å²) in [6, 6.07) is 5.43. The Morgan fingerprint density at radius 3 is 2.82 bits per heavy atom. The Morgan fingerprint density at radius 1 is 1.47 bits per heavy atom. The summed E-state index contributed by atoms with van der Waals surface area (Å²) in [4.78, 5) is 4.20. The molecular weight excluding hydrogens is 234 g/mol. The number of hydrogen-bond acceptors (Lipinski definition) is 3. The van der Waals surface area contributed by atoms with Crippen molar-refractivity contribution >= 4 is 17.4 Å². The van der Waals surface area contributed by atoms with Gasteiger partial charge in [-0.25, -0.2) is 4.98 Å². The molecule has 2 saturated carbocycles. The molecule has 0 saturated heterocycles. The topological polar surface area (TPSA) is 48.7 Å². The average molecular weight is 248 g/mol. The van der Waals surface area contributed by atoms with Crippen molar-refractivity contribution in [1.82, 2.24) is 4.98 Å². The van der Waals surface area contributed by atoms with Crippen LogP contribution in [0, 0.1) is 22.7 Å². The molecule has 0 aromatic carbocycles. The number of rotatable bonds is 4. The summed E-state index contributed by atoms with van der Waals surface area (Å²) in [5, 5.41) is 12.6. The fraction of sp³-hybridized carbons (Fsp3) is 0.538. The average Bonchev–Trinajstić information content (AvgIpc) is 3.15. The molecule has 1 aromatic rings. The highest BCUT2D eigenvalue weighted by molar-refractivity contribution is 6.29.